The van der Waals surface area contributed by atoms with Gasteiger partial charge >= 0.3 is 0 Å². The number of rotatable bonds is 8. The molecule has 0 aliphatic carbocycles. The quantitative estimate of drug-likeness (QED) is 0.672. The standard InChI is InChI=1S/C19H22N2O5S.ClH/c20-8-9-24-15-3-1-14(2-4-15)21-19(22)7-12-27(23)16-5-6-17-18(13-16)26-11-10-25-17;/h1-6,13H,7-12,20H2,(H,21,22);1H. The van der Waals surface area contributed by atoms with Gasteiger partial charge < -0.3 is 25.3 Å². The maximum atomic E-state index is 12.4. The van der Waals surface area contributed by atoms with E-state index in [4.69, 9.17) is 19.9 Å². The van der Waals surface area contributed by atoms with E-state index in [1.807, 2.05) is 0 Å². The molecule has 0 bridgehead atoms. The number of amides is 1. The second-order valence-electron chi connectivity index (χ2n) is 5.81. The van der Waals surface area contributed by atoms with E-state index in [0.717, 1.165) is 0 Å². The first kappa shape index (κ1) is 22.0. The Balaban J connectivity index is 0.00000280. The first-order valence-corrected chi connectivity index (χ1v) is 9.98. The van der Waals surface area contributed by atoms with Crippen LogP contribution in [-0.2, 0) is 15.6 Å². The van der Waals surface area contributed by atoms with Crippen molar-refractivity contribution >= 4 is 34.8 Å². The van der Waals surface area contributed by atoms with Crippen molar-refractivity contribution in [2.75, 3.05) is 37.4 Å². The summed E-state index contributed by atoms with van der Waals surface area (Å²) in [6.07, 6.45) is 0.145. The fraction of sp³-hybridized carbons (Fsp3) is 0.316. The molecule has 0 aromatic heterocycles. The normalized spacial score (nSPS) is 13.2. The number of carbonyl (C=O) groups excluding carboxylic acids is 1. The topological polar surface area (TPSA) is 99.9 Å². The zero-order chi connectivity index (χ0) is 19.1. The minimum Gasteiger partial charge on any atom is -0.492 e. The van der Waals surface area contributed by atoms with Gasteiger partial charge in [-0.1, -0.05) is 0 Å². The SMILES string of the molecule is Cl.NCCOc1ccc(NC(=O)CCS(=O)c2ccc3c(c2)OCCO3)cc1. The Bertz CT molecular complexity index is 816. The average Bonchev–Trinajstić information content (AvgIpc) is 2.71. The zero-order valence-corrected chi connectivity index (χ0v) is 16.9. The molecule has 1 amide bonds. The molecule has 28 heavy (non-hydrogen) atoms. The second-order valence-corrected chi connectivity index (χ2v) is 7.39. The Kier molecular flexibility index (Phi) is 8.56. The number of nitrogens with two attached hydrogens (primary N) is 1. The van der Waals surface area contributed by atoms with Crippen molar-refractivity contribution in [1.29, 1.82) is 0 Å². The maximum Gasteiger partial charge on any atom is 0.225 e. The zero-order valence-electron chi connectivity index (χ0n) is 15.2. The molecule has 0 spiro atoms. The highest BCUT2D eigenvalue weighted by Crippen LogP contribution is 2.31. The maximum absolute atomic E-state index is 12.4. The summed E-state index contributed by atoms with van der Waals surface area (Å²) in [4.78, 5) is 12.7. The predicted molar refractivity (Wildman–Crippen MR) is 110 cm³/mol. The number of nitrogens with one attached hydrogen (secondary N) is 1. The summed E-state index contributed by atoms with van der Waals surface area (Å²) >= 11 is 0. The van der Waals surface area contributed by atoms with Gasteiger partial charge in [0.25, 0.3) is 0 Å². The van der Waals surface area contributed by atoms with Crippen molar-refractivity contribution in [3.63, 3.8) is 0 Å². The smallest absolute Gasteiger partial charge is 0.225 e. The number of anilines is 1. The lowest BCUT2D eigenvalue weighted by atomic mass is 10.3. The molecule has 2 aromatic carbocycles. The fourth-order valence-electron chi connectivity index (χ4n) is 2.50. The van der Waals surface area contributed by atoms with Crippen molar-refractivity contribution in [3.8, 4) is 17.2 Å². The van der Waals surface area contributed by atoms with Crippen molar-refractivity contribution in [2.24, 2.45) is 5.73 Å². The molecule has 0 fully saturated rings. The van der Waals surface area contributed by atoms with E-state index in [9.17, 15) is 9.00 Å². The molecular weight excluding hydrogens is 404 g/mol. The van der Waals surface area contributed by atoms with Gasteiger partial charge in [0.15, 0.2) is 11.5 Å². The summed E-state index contributed by atoms with van der Waals surface area (Å²) in [5.74, 6) is 1.96. The third-order valence-electron chi connectivity index (χ3n) is 3.82. The van der Waals surface area contributed by atoms with Crippen LogP contribution < -0.4 is 25.3 Å². The molecule has 0 radical (unpaired) electrons. The molecule has 1 aliphatic rings. The van der Waals surface area contributed by atoms with Gasteiger partial charge in [0.05, 0.1) is 10.8 Å². The molecule has 1 aliphatic heterocycles. The Morgan fingerprint density at radius 2 is 1.82 bits per heavy atom. The first-order chi connectivity index (χ1) is 13.2. The molecule has 0 saturated heterocycles. The first-order valence-electron chi connectivity index (χ1n) is 8.66. The van der Waals surface area contributed by atoms with Gasteiger partial charge in [-0.25, -0.2) is 0 Å². The van der Waals surface area contributed by atoms with Crippen LogP contribution in [0.5, 0.6) is 17.2 Å². The monoisotopic (exact) mass is 426 g/mol. The van der Waals surface area contributed by atoms with E-state index in [1.165, 1.54) is 0 Å². The van der Waals surface area contributed by atoms with Crippen LogP contribution in [0.4, 0.5) is 5.69 Å². The number of hydrogen-bond acceptors (Lipinski definition) is 6. The van der Waals surface area contributed by atoms with E-state index >= 15 is 0 Å². The number of halogens is 1. The molecule has 9 heteroatoms. The second kappa shape index (κ2) is 10.9. The largest absolute Gasteiger partial charge is 0.492 e. The molecule has 3 rings (SSSR count). The minimum atomic E-state index is -1.30. The van der Waals surface area contributed by atoms with Crippen molar-refractivity contribution < 1.29 is 23.2 Å². The molecule has 1 heterocycles. The van der Waals surface area contributed by atoms with E-state index in [-0.39, 0.29) is 30.5 Å². The summed E-state index contributed by atoms with van der Waals surface area (Å²) in [6, 6.07) is 12.2. The van der Waals surface area contributed by atoms with Gasteiger partial charge in [-0.15, -0.1) is 12.4 Å². The van der Waals surface area contributed by atoms with E-state index in [2.05, 4.69) is 5.32 Å². The Morgan fingerprint density at radius 1 is 1.11 bits per heavy atom. The van der Waals surface area contributed by atoms with Crippen molar-refractivity contribution in [2.45, 2.75) is 11.3 Å². The van der Waals surface area contributed by atoms with Crippen LogP contribution in [0, 0.1) is 0 Å². The molecule has 2 aromatic rings. The van der Waals surface area contributed by atoms with Crippen molar-refractivity contribution in [3.05, 3.63) is 42.5 Å². The number of carbonyl (C=O) groups is 1. The number of ether oxygens (including phenoxy) is 3. The van der Waals surface area contributed by atoms with Crippen LogP contribution in [-0.4, -0.2) is 42.2 Å². The number of hydrogen-bond donors (Lipinski definition) is 2. The lowest BCUT2D eigenvalue weighted by molar-refractivity contribution is -0.115. The van der Waals surface area contributed by atoms with E-state index in [0.29, 0.717) is 54.2 Å². The summed E-state index contributed by atoms with van der Waals surface area (Å²) in [7, 11) is -1.30. The highest BCUT2D eigenvalue weighted by atomic mass is 35.5. The van der Waals surface area contributed by atoms with E-state index < -0.39 is 10.8 Å². The summed E-state index contributed by atoms with van der Waals surface area (Å²) in [5.41, 5.74) is 6.04. The van der Waals surface area contributed by atoms with Crippen molar-refractivity contribution in [1.82, 2.24) is 0 Å². The van der Waals surface area contributed by atoms with Crippen LogP contribution >= 0.6 is 12.4 Å². The Morgan fingerprint density at radius 3 is 2.54 bits per heavy atom. The van der Waals surface area contributed by atoms with Crippen LogP contribution in [0.1, 0.15) is 6.42 Å². The summed E-state index contributed by atoms with van der Waals surface area (Å²) in [5, 5.41) is 2.78. The number of fused-ring (bicyclic) bond motifs is 1. The fourth-order valence-corrected chi connectivity index (χ4v) is 3.57. The van der Waals surface area contributed by atoms with Gasteiger partial charge in [0, 0.05) is 35.4 Å². The minimum absolute atomic E-state index is 0. The van der Waals surface area contributed by atoms with Crippen LogP contribution in [0.15, 0.2) is 47.4 Å². The average molecular weight is 427 g/mol. The van der Waals surface area contributed by atoms with Crippen LogP contribution in [0.25, 0.3) is 0 Å². The third-order valence-corrected chi connectivity index (χ3v) is 5.17. The lowest BCUT2D eigenvalue weighted by Crippen LogP contribution is -2.16. The molecule has 3 N–H and O–H groups in total. The third kappa shape index (κ3) is 6.12. The molecule has 1 unspecified atom stereocenters. The van der Waals surface area contributed by atoms with Gasteiger partial charge in [-0.2, -0.15) is 0 Å². The molecule has 152 valence electrons. The van der Waals surface area contributed by atoms with Gasteiger partial charge in [-0.3, -0.25) is 9.00 Å². The van der Waals surface area contributed by atoms with E-state index in [1.54, 1.807) is 42.5 Å². The van der Waals surface area contributed by atoms with Gasteiger partial charge in [0.1, 0.15) is 25.6 Å². The molecular formula is C19H23ClN2O5S. The summed E-state index contributed by atoms with van der Waals surface area (Å²) in [6.45, 7) is 1.87. The molecule has 1 atom stereocenters. The number of benzene rings is 2. The van der Waals surface area contributed by atoms with Crippen LogP contribution in [0.2, 0.25) is 0 Å². The molecule has 7 nitrogen and oxygen atoms in total. The summed E-state index contributed by atoms with van der Waals surface area (Å²) < 4.78 is 28.8. The van der Waals surface area contributed by atoms with Crippen LogP contribution in [0.3, 0.4) is 0 Å². The molecule has 0 saturated carbocycles. The lowest BCUT2D eigenvalue weighted by Gasteiger charge is -2.18. The Labute approximate surface area is 172 Å². The van der Waals surface area contributed by atoms with Gasteiger partial charge in [0.2, 0.25) is 5.91 Å². The highest BCUT2D eigenvalue weighted by molar-refractivity contribution is 7.85. The predicted octanol–water partition coefficient (Wildman–Crippen LogP) is 2.35. The Hall–Kier alpha value is -2.29. The highest BCUT2D eigenvalue weighted by Gasteiger charge is 2.15. The van der Waals surface area contributed by atoms with Gasteiger partial charge in [-0.05, 0) is 36.4 Å².